The molecule has 5 nitrogen and oxygen atoms in total. The molecule has 2 aromatic heterocycles. The summed E-state index contributed by atoms with van der Waals surface area (Å²) >= 11 is 0. The number of rotatable bonds is 3. The fraction of sp³-hybridized carbons (Fsp3) is 0.250. The molecule has 0 N–H and O–H groups in total. The Bertz CT molecular complexity index is 561. The fourth-order valence-corrected chi connectivity index (χ4v) is 1.46. The lowest BCUT2D eigenvalue weighted by molar-refractivity contribution is 0.101. The second-order valence-electron chi connectivity index (χ2n) is 3.73. The van der Waals surface area contributed by atoms with Gasteiger partial charge in [-0.05, 0) is 19.9 Å². The maximum atomic E-state index is 11.2. The molecular weight excluding hydrogens is 218 g/mol. The lowest BCUT2D eigenvalue weighted by Gasteiger charge is -2.05. The third kappa shape index (κ3) is 2.18. The number of pyridine rings is 1. The molecule has 0 aliphatic carbocycles. The summed E-state index contributed by atoms with van der Waals surface area (Å²) in [7, 11) is 1.57. The number of hydrogen-bond donors (Lipinski definition) is 0. The minimum atomic E-state index is -0.0182. The van der Waals surface area contributed by atoms with Gasteiger partial charge in [-0.2, -0.15) is 10.1 Å². The number of carbonyl (C=O) groups is 1. The average Bonchev–Trinajstić information content (AvgIpc) is 2.79. The van der Waals surface area contributed by atoms with Gasteiger partial charge < -0.3 is 4.74 Å². The Balaban J connectivity index is 2.42. The van der Waals surface area contributed by atoms with Crippen LogP contribution in [-0.2, 0) is 0 Å². The van der Waals surface area contributed by atoms with E-state index in [1.165, 1.54) is 13.1 Å². The summed E-state index contributed by atoms with van der Waals surface area (Å²) in [5.41, 5.74) is 1.52. The van der Waals surface area contributed by atoms with E-state index in [9.17, 15) is 4.79 Å². The van der Waals surface area contributed by atoms with E-state index in [2.05, 4.69) is 10.1 Å². The van der Waals surface area contributed by atoms with E-state index in [1.807, 2.05) is 19.1 Å². The predicted octanol–water partition coefficient (Wildman–Crippen LogP) is 1.79. The first-order chi connectivity index (χ1) is 8.11. The van der Waals surface area contributed by atoms with Crippen LogP contribution in [0.25, 0.3) is 5.82 Å². The Hall–Kier alpha value is -2.17. The molecule has 0 aromatic carbocycles. The molecule has 17 heavy (non-hydrogen) atoms. The smallest absolute Gasteiger partial charge is 0.218 e. The summed E-state index contributed by atoms with van der Waals surface area (Å²) in [4.78, 5) is 15.5. The van der Waals surface area contributed by atoms with Crippen LogP contribution < -0.4 is 4.74 Å². The first-order valence-corrected chi connectivity index (χ1v) is 5.19. The zero-order valence-electron chi connectivity index (χ0n) is 9.97. The van der Waals surface area contributed by atoms with Crippen LogP contribution in [0.1, 0.15) is 22.8 Å². The molecule has 0 saturated heterocycles. The molecule has 0 bridgehead atoms. The second kappa shape index (κ2) is 4.37. The van der Waals surface area contributed by atoms with Crippen molar-refractivity contribution in [2.24, 2.45) is 0 Å². The molecule has 88 valence electrons. The highest BCUT2D eigenvalue weighted by atomic mass is 16.5. The number of aryl methyl sites for hydroxylation is 1. The van der Waals surface area contributed by atoms with Gasteiger partial charge in [0.1, 0.15) is 0 Å². The lowest BCUT2D eigenvalue weighted by Crippen LogP contribution is -2.01. The van der Waals surface area contributed by atoms with Gasteiger partial charge in [0.05, 0.1) is 18.9 Å². The fourth-order valence-electron chi connectivity index (χ4n) is 1.46. The number of ketones is 1. The van der Waals surface area contributed by atoms with Crippen molar-refractivity contribution in [3.63, 3.8) is 0 Å². The van der Waals surface area contributed by atoms with Gasteiger partial charge in [-0.3, -0.25) is 4.79 Å². The third-order valence-electron chi connectivity index (χ3n) is 2.45. The van der Waals surface area contributed by atoms with Gasteiger partial charge in [-0.25, -0.2) is 4.68 Å². The highest BCUT2D eigenvalue weighted by Crippen LogP contribution is 2.16. The van der Waals surface area contributed by atoms with Gasteiger partial charge >= 0.3 is 0 Å². The zero-order valence-corrected chi connectivity index (χ0v) is 9.97. The van der Waals surface area contributed by atoms with Crippen LogP contribution in [0.5, 0.6) is 5.88 Å². The molecule has 0 fully saturated rings. The molecular formula is C12H13N3O2. The van der Waals surface area contributed by atoms with Crippen molar-refractivity contribution < 1.29 is 9.53 Å². The van der Waals surface area contributed by atoms with Crippen LogP contribution >= 0.6 is 0 Å². The number of hydrogen-bond acceptors (Lipinski definition) is 4. The third-order valence-corrected chi connectivity index (χ3v) is 2.45. The number of nitrogens with zero attached hydrogens (tertiary/aromatic N) is 3. The van der Waals surface area contributed by atoms with Crippen molar-refractivity contribution in [3.05, 3.63) is 35.7 Å². The van der Waals surface area contributed by atoms with E-state index < -0.39 is 0 Å². The monoisotopic (exact) mass is 231 g/mol. The van der Waals surface area contributed by atoms with Crippen molar-refractivity contribution in [2.45, 2.75) is 13.8 Å². The molecule has 0 amide bonds. The summed E-state index contributed by atoms with van der Waals surface area (Å²) in [6.07, 6.45) is 3.18. The van der Waals surface area contributed by atoms with Crippen LogP contribution in [0.2, 0.25) is 0 Å². The number of methoxy groups -OCH3 is 1. The summed E-state index contributed by atoms with van der Waals surface area (Å²) in [5.74, 6) is 1.16. The average molecular weight is 231 g/mol. The second-order valence-corrected chi connectivity index (χ2v) is 3.73. The van der Waals surface area contributed by atoms with Crippen molar-refractivity contribution >= 4 is 5.78 Å². The minimum absolute atomic E-state index is 0.0182. The molecule has 2 heterocycles. The Morgan fingerprint density at radius 2 is 2.18 bits per heavy atom. The minimum Gasteiger partial charge on any atom is -0.481 e. The predicted molar refractivity (Wildman–Crippen MR) is 62.7 cm³/mol. The Morgan fingerprint density at radius 1 is 1.41 bits per heavy atom. The summed E-state index contributed by atoms with van der Waals surface area (Å²) in [6, 6.07) is 3.73. The Morgan fingerprint density at radius 3 is 2.76 bits per heavy atom. The molecule has 0 saturated carbocycles. The zero-order chi connectivity index (χ0) is 12.4. The summed E-state index contributed by atoms with van der Waals surface area (Å²) < 4.78 is 6.70. The topological polar surface area (TPSA) is 57.0 Å². The van der Waals surface area contributed by atoms with Gasteiger partial charge in [-0.1, -0.05) is 6.07 Å². The molecule has 0 radical (unpaired) electrons. The largest absolute Gasteiger partial charge is 0.481 e. The number of aromatic nitrogens is 3. The molecule has 2 rings (SSSR count). The first kappa shape index (κ1) is 11.3. The van der Waals surface area contributed by atoms with Crippen LogP contribution in [0.4, 0.5) is 0 Å². The lowest BCUT2D eigenvalue weighted by atomic mass is 10.3. The Kier molecular flexibility index (Phi) is 2.91. The summed E-state index contributed by atoms with van der Waals surface area (Å²) in [6.45, 7) is 3.42. The van der Waals surface area contributed by atoms with E-state index in [0.717, 1.165) is 5.56 Å². The molecule has 0 aliphatic rings. The van der Waals surface area contributed by atoms with Crippen LogP contribution in [0.3, 0.4) is 0 Å². The van der Waals surface area contributed by atoms with Gasteiger partial charge in [0.2, 0.25) is 5.88 Å². The van der Waals surface area contributed by atoms with E-state index in [1.54, 1.807) is 18.0 Å². The number of Topliss-reactive ketones (excluding diaryl/α,β-unsaturated/α-hetero) is 1. The molecule has 0 atom stereocenters. The highest BCUT2D eigenvalue weighted by molar-refractivity contribution is 5.93. The maximum absolute atomic E-state index is 11.2. The van der Waals surface area contributed by atoms with E-state index in [0.29, 0.717) is 17.3 Å². The van der Waals surface area contributed by atoms with Gasteiger partial charge in [-0.15, -0.1) is 0 Å². The summed E-state index contributed by atoms with van der Waals surface area (Å²) in [5, 5.41) is 4.09. The highest BCUT2D eigenvalue weighted by Gasteiger charge is 2.07. The van der Waals surface area contributed by atoms with Crippen molar-refractivity contribution in [3.8, 4) is 11.7 Å². The van der Waals surface area contributed by atoms with Crippen LogP contribution in [0, 0.1) is 6.92 Å². The first-order valence-electron chi connectivity index (χ1n) is 5.19. The number of ether oxygens (including phenoxy) is 1. The van der Waals surface area contributed by atoms with Gasteiger partial charge in [0.15, 0.2) is 11.6 Å². The van der Waals surface area contributed by atoms with Crippen molar-refractivity contribution in [1.29, 1.82) is 0 Å². The van der Waals surface area contributed by atoms with E-state index >= 15 is 0 Å². The van der Waals surface area contributed by atoms with Crippen LogP contribution in [0.15, 0.2) is 24.5 Å². The van der Waals surface area contributed by atoms with Crippen LogP contribution in [-0.4, -0.2) is 27.7 Å². The molecule has 0 aliphatic heterocycles. The molecule has 0 spiro atoms. The van der Waals surface area contributed by atoms with Gasteiger partial charge in [0.25, 0.3) is 0 Å². The van der Waals surface area contributed by atoms with Crippen molar-refractivity contribution in [2.75, 3.05) is 7.11 Å². The van der Waals surface area contributed by atoms with Crippen molar-refractivity contribution in [1.82, 2.24) is 14.8 Å². The maximum Gasteiger partial charge on any atom is 0.218 e. The van der Waals surface area contributed by atoms with E-state index in [4.69, 9.17) is 4.74 Å². The van der Waals surface area contributed by atoms with E-state index in [-0.39, 0.29) is 5.78 Å². The normalized spacial score (nSPS) is 10.3. The molecule has 2 aromatic rings. The Labute approximate surface area is 99.1 Å². The van der Waals surface area contributed by atoms with Gasteiger partial charge in [0, 0.05) is 11.8 Å². The number of carbonyl (C=O) groups excluding carboxylic acids is 1. The molecule has 0 unspecified atom stereocenters. The molecule has 5 heteroatoms. The standard InChI is InChI=1S/C12H13N3O2/c1-8-4-5-11(14-12(8)17-3)15-7-10(6-13-15)9(2)16/h4-7H,1-3H3. The SMILES string of the molecule is COc1nc(-n2cc(C(C)=O)cn2)ccc1C. The quantitative estimate of drug-likeness (QED) is 0.755.